The molecule has 2 aromatic rings. The van der Waals surface area contributed by atoms with Gasteiger partial charge in [-0.3, -0.25) is 4.98 Å². The molecule has 0 saturated heterocycles. The first-order chi connectivity index (χ1) is 7.36. The molecule has 0 saturated carbocycles. The Kier molecular flexibility index (Phi) is 3.53. The maximum absolute atomic E-state index is 5.26. The molecule has 1 unspecified atom stereocenters. The monoisotopic (exact) mass is 222 g/mol. The van der Waals surface area contributed by atoms with Gasteiger partial charge in [0.05, 0.1) is 11.8 Å². The number of rotatable bonds is 5. The van der Waals surface area contributed by atoms with E-state index in [1.54, 1.807) is 17.6 Å². The summed E-state index contributed by atoms with van der Waals surface area (Å²) in [5, 5.41) is 3.43. The van der Waals surface area contributed by atoms with Gasteiger partial charge in [0.15, 0.2) is 0 Å². The summed E-state index contributed by atoms with van der Waals surface area (Å²) in [7, 11) is 0. The molecule has 1 atom stereocenters. The molecule has 80 valence electrons. The van der Waals surface area contributed by atoms with Crippen LogP contribution < -0.4 is 5.32 Å². The quantitative estimate of drug-likeness (QED) is 0.845. The van der Waals surface area contributed by atoms with Crippen molar-refractivity contribution in [3.8, 4) is 0 Å². The minimum atomic E-state index is 0.368. The standard InChI is InChI=1S/C11H14N2OS/c1-9(11-7-12-8-15-11)13-5-4-10-3-2-6-14-10/h2-3,6-9,13H,4-5H2,1H3. The van der Waals surface area contributed by atoms with Gasteiger partial charge in [0.1, 0.15) is 5.76 Å². The number of furan rings is 1. The van der Waals surface area contributed by atoms with Gasteiger partial charge >= 0.3 is 0 Å². The van der Waals surface area contributed by atoms with Crippen LogP contribution in [0.5, 0.6) is 0 Å². The molecule has 1 N–H and O–H groups in total. The molecule has 0 amide bonds. The molecule has 3 nitrogen and oxygen atoms in total. The van der Waals surface area contributed by atoms with E-state index in [4.69, 9.17) is 4.42 Å². The molecule has 0 fully saturated rings. The smallest absolute Gasteiger partial charge is 0.105 e. The molecule has 0 aromatic carbocycles. The first-order valence-electron chi connectivity index (χ1n) is 5.00. The van der Waals surface area contributed by atoms with Crippen LogP contribution in [0.15, 0.2) is 34.5 Å². The van der Waals surface area contributed by atoms with Crippen molar-refractivity contribution >= 4 is 11.3 Å². The van der Waals surface area contributed by atoms with Crippen LogP contribution in [0.3, 0.4) is 0 Å². The minimum Gasteiger partial charge on any atom is -0.469 e. The molecule has 0 aliphatic heterocycles. The van der Waals surface area contributed by atoms with E-state index in [0.717, 1.165) is 18.7 Å². The van der Waals surface area contributed by atoms with Crippen LogP contribution >= 0.6 is 11.3 Å². The van der Waals surface area contributed by atoms with Crippen molar-refractivity contribution in [2.45, 2.75) is 19.4 Å². The third-order valence-corrected chi connectivity index (χ3v) is 3.24. The summed E-state index contributed by atoms with van der Waals surface area (Å²) in [6.45, 7) is 3.07. The molecular formula is C11H14N2OS. The van der Waals surface area contributed by atoms with Gasteiger partial charge in [-0.15, -0.1) is 11.3 Å². The van der Waals surface area contributed by atoms with E-state index in [2.05, 4.69) is 17.2 Å². The van der Waals surface area contributed by atoms with Crippen molar-refractivity contribution in [1.82, 2.24) is 10.3 Å². The van der Waals surface area contributed by atoms with Gasteiger partial charge in [0.25, 0.3) is 0 Å². The van der Waals surface area contributed by atoms with Crippen LogP contribution in [-0.2, 0) is 6.42 Å². The SMILES string of the molecule is CC(NCCc1ccco1)c1cncs1. The lowest BCUT2D eigenvalue weighted by Gasteiger charge is -2.10. The van der Waals surface area contributed by atoms with E-state index in [-0.39, 0.29) is 0 Å². The highest BCUT2D eigenvalue weighted by Crippen LogP contribution is 2.15. The summed E-state index contributed by atoms with van der Waals surface area (Å²) in [6.07, 6.45) is 4.55. The van der Waals surface area contributed by atoms with Crippen LogP contribution in [-0.4, -0.2) is 11.5 Å². The number of nitrogens with one attached hydrogen (secondary N) is 1. The third-order valence-electron chi connectivity index (χ3n) is 2.28. The summed E-state index contributed by atoms with van der Waals surface area (Å²) in [4.78, 5) is 5.33. The lowest BCUT2D eigenvalue weighted by molar-refractivity contribution is 0.487. The van der Waals surface area contributed by atoms with E-state index in [9.17, 15) is 0 Å². The maximum Gasteiger partial charge on any atom is 0.105 e. The van der Waals surface area contributed by atoms with Crippen LogP contribution in [0.4, 0.5) is 0 Å². The van der Waals surface area contributed by atoms with E-state index in [1.807, 2.05) is 23.8 Å². The second-order valence-corrected chi connectivity index (χ2v) is 4.33. The van der Waals surface area contributed by atoms with Gasteiger partial charge < -0.3 is 9.73 Å². The highest BCUT2D eigenvalue weighted by molar-refractivity contribution is 7.09. The zero-order valence-corrected chi connectivity index (χ0v) is 9.46. The largest absolute Gasteiger partial charge is 0.469 e. The molecule has 0 aliphatic carbocycles. The van der Waals surface area contributed by atoms with Crippen LogP contribution in [0, 0.1) is 0 Å². The van der Waals surface area contributed by atoms with E-state index < -0.39 is 0 Å². The number of hydrogen-bond acceptors (Lipinski definition) is 4. The lowest BCUT2D eigenvalue weighted by atomic mass is 10.2. The fraction of sp³-hybridized carbons (Fsp3) is 0.364. The highest BCUT2D eigenvalue weighted by Gasteiger charge is 2.05. The van der Waals surface area contributed by atoms with Crippen molar-refractivity contribution in [3.05, 3.63) is 40.7 Å². The molecule has 0 radical (unpaired) electrons. The van der Waals surface area contributed by atoms with Crippen molar-refractivity contribution in [2.75, 3.05) is 6.54 Å². The molecule has 2 heterocycles. The zero-order chi connectivity index (χ0) is 10.5. The Balaban J connectivity index is 1.74. The van der Waals surface area contributed by atoms with Crippen molar-refractivity contribution in [2.24, 2.45) is 0 Å². The molecule has 4 heteroatoms. The number of hydrogen-bond donors (Lipinski definition) is 1. The Bertz CT molecular complexity index is 369. The normalized spacial score (nSPS) is 12.9. The molecule has 2 aromatic heterocycles. The second-order valence-electron chi connectivity index (χ2n) is 3.41. The highest BCUT2D eigenvalue weighted by atomic mass is 32.1. The molecule has 0 bridgehead atoms. The van der Waals surface area contributed by atoms with Crippen molar-refractivity contribution in [1.29, 1.82) is 0 Å². The molecule has 0 aliphatic rings. The van der Waals surface area contributed by atoms with Crippen LogP contribution in [0.1, 0.15) is 23.6 Å². The van der Waals surface area contributed by atoms with Crippen LogP contribution in [0.2, 0.25) is 0 Å². The summed E-state index contributed by atoms with van der Waals surface area (Å²) in [5.41, 5.74) is 1.86. The summed E-state index contributed by atoms with van der Waals surface area (Å²) < 4.78 is 5.26. The average Bonchev–Trinajstić information content (AvgIpc) is 2.90. The molecular weight excluding hydrogens is 208 g/mol. The Hall–Kier alpha value is -1.13. The fourth-order valence-corrected chi connectivity index (χ4v) is 2.06. The second kappa shape index (κ2) is 5.09. The molecule has 0 spiro atoms. The zero-order valence-electron chi connectivity index (χ0n) is 8.64. The van der Waals surface area contributed by atoms with E-state index in [1.165, 1.54) is 4.88 Å². The Morgan fingerprint density at radius 2 is 2.53 bits per heavy atom. The lowest BCUT2D eigenvalue weighted by Crippen LogP contribution is -2.20. The number of nitrogens with zero attached hydrogens (tertiary/aromatic N) is 1. The Morgan fingerprint density at radius 1 is 1.60 bits per heavy atom. The van der Waals surface area contributed by atoms with E-state index in [0.29, 0.717) is 6.04 Å². The predicted octanol–water partition coefficient (Wildman–Crippen LogP) is 2.63. The van der Waals surface area contributed by atoms with Gasteiger partial charge in [-0.2, -0.15) is 0 Å². The fourth-order valence-electron chi connectivity index (χ4n) is 1.41. The van der Waals surface area contributed by atoms with Crippen LogP contribution in [0.25, 0.3) is 0 Å². The predicted molar refractivity (Wildman–Crippen MR) is 60.9 cm³/mol. The van der Waals surface area contributed by atoms with Crippen molar-refractivity contribution in [3.63, 3.8) is 0 Å². The van der Waals surface area contributed by atoms with Gasteiger partial charge in [-0.1, -0.05) is 0 Å². The average molecular weight is 222 g/mol. The van der Waals surface area contributed by atoms with Gasteiger partial charge in [0.2, 0.25) is 0 Å². The molecule has 2 rings (SSSR count). The van der Waals surface area contributed by atoms with E-state index >= 15 is 0 Å². The van der Waals surface area contributed by atoms with Crippen molar-refractivity contribution < 1.29 is 4.42 Å². The third kappa shape index (κ3) is 2.91. The maximum atomic E-state index is 5.26. The van der Waals surface area contributed by atoms with Gasteiger partial charge in [-0.05, 0) is 19.1 Å². The van der Waals surface area contributed by atoms with Gasteiger partial charge in [-0.25, -0.2) is 0 Å². The summed E-state index contributed by atoms with van der Waals surface area (Å²) in [5.74, 6) is 1.03. The Labute approximate surface area is 93.2 Å². The minimum absolute atomic E-state index is 0.368. The molecule has 15 heavy (non-hydrogen) atoms. The summed E-state index contributed by atoms with van der Waals surface area (Å²) in [6, 6.07) is 4.29. The first-order valence-corrected chi connectivity index (χ1v) is 5.88. The topological polar surface area (TPSA) is 38.1 Å². The van der Waals surface area contributed by atoms with Gasteiger partial charge in [0, 0.05) is 30.1 Å². The first kappa shape index (κ1) is 10.4. The number of aromatic nitrogens is 1. The Morgan fingerprint density at radius 3 is 3.20 bits per heavy atom. The number of thiazole rings is 1. The summed E-state index contributed by atoms with van der Waals surface area (Å²) >= 11 is 1.68.